The Bertz CT molecular complexity index is 1350. The van der Waals surface area contributed by atoms with Crippen LogP contribution in [0, 0.1) is 12.3 Å². The number of hydrogen-bond donors (Lipinski definition) is 3. The second-order valence-corrected chi connectivity index (χ2v) is 8.98. The van der Waals surface area contributed by atoms with Gasteiger partial charge in [0.05, 0.1) is 28.6 Å². The number of aromatic nitrogens is 2. The lowest BCUT2D eigenvalue weighted by molar-refractivity contribution is 0.0909. The average molecular weight is 494 g/mol. The normalized spacial score (nSPS) is 11.9. The molecule has 2 aromatic heterocycles. The first-order valence-electron chi connectivity index (χ1n) is 10.9. The fraction of sp³-hybridized carbons (Fsp3) is 0.240. The summed E-state index contributed by atoms with van der Waals surface area (Å²) in [5, 5.41) is 15.7. The van der Waals surface area contributed by atoms with Gasteiger partial charge in [-0.2, -0.15) is 5.10 Å². The van der Waals surface area contributed by atoms with Crippen LogP contribution in [-0.4, -0.2) is 35.4 Å². The quantitative estimate of drug-likeness (QED) is 0.228. The maximum absolute atomic E-state index is 12.7. The van der Waals surface area contributed by atoms with Gasteiger partial charge in [-0.15, -0.1) is 11.3 Å². The third-order valence-corrected chi connectivity index (χ3v) is 6.58. The molecular weight excluding hydrogens is 466 g/mol. The number of carbonyl (C=O) groups excluding carboxylic acids is 1. The van der Waals surface area contributed by atoms with Gasteiger partial charge in [0.15, 0.2) is 6.10 Å². The van der Waals surface area contributed by atoms with Crippen molar-refractivity contribution in [3.8, 4) is 5.75 Å². The Labute approximate surface area is 206 Å². The van der Waals surface area contributed by atoms with Crippen molar-refractivity contribution in [2.45, 2.75) is 19.6 Å². The van der Waals surface area contributed by atoms with E-state index in [1.807, 2.05) is 61.5 Å². The number of nitrogens with zero attached hydrogens (tertiary/aromatic N) is 2. The highest BCUT2D eigenvalue weighted by molar-refractivity contribution is 7.20. The number of thiophene rings is 1. The van der Waals surface area contributed by atoms with Crippen molar-refractivity contribution in [2.75, 3.05) is 19.0 Å². The highest BCUT2D eigenvalue weighted by Crippen LogP contribution is 2.35. The number of amides is 1. The van der Waals surface area contributed by atoms with E-state index >= 15 is 0 Å². The number of nitrogens with one attached hydrogen (secondary N) is 2. The zero-order valence-electron chi connectivity index (χ0n) is 19.7. The highest BCUT2D eigenvalue weighted by Gasteiger charge is 2.21. The predicted molar refractivity (Wildman–Crippen MR) is 136 cm³/mol. The third-order valence-electron chi connectivity index (χ3n) is 5.44. The lowest BCUT2D eigenvalue weighted by atomic mass is 10.1. The molecular formula is C25H27N5O4S. The number of amidine groups is 1. The largest absolute Gasteiger partial charge is 0.481 e. The molecule has 0 bridgehead atoms. The Balaban J connectivity index is 1.54. The second-order valence-electron chi connectivity index (χ2n) is 7.90. The van der Waals surface area contributed by atoms with E-state index in [4.69, 9.17) is 25.4 Å². The van der Waals surface area contributed by atoms with Crippen LogP contribution in [0.2, 0.25) is 0 Å². The second kappa shape index (κ2) is 10.6. The molecule has 1 unspecified atom stereocenters. The minimum atomic E-state index is -0.615. The van der Waals surface area contributed by atoms with E-state index < -0.39 is 12.2 Å². The first kappa shape index (κ1) is 24.2. The van der Waals surface area contributed by atoms with Gasteiger partial charge in [-0.05, 0) is 30.7 Å². The maximum atomic E-state index is 12.7. The number of aryl methyl sites for hydroxylation is 2. The molecule has 0 radical (unpaired) electrons. The molecule has 4 N–H and O–H groups in total. The molecule has 0 saturated heterocycles. The molecule has 0 spiro atoms. The summed E-state index contributed by atoms with van der Waals surface area (Å²) < 4.78 is 19.8. The SMILES string of the molecule is COCc1c(NC(=O)OCC(Oc2cccc3sc(C(=N)N)cc23)c2ccccc2)c(C)nn1C. The first-order valence-corrected chi connectivity index (χ1v) is 11.7. The number of anilines is 1. The topological polar surface area (TPSA) is 124 Å². The van der Waals surface area contributed by atoms with E-state index in [9.17, 15) is 4.79 Å². The number of rotatable bonds is 9. The van der Waals surface area contributed by atoms with Crippen LogP contribution < -0.4 is 15.8 Å². The van der Waals surface area contributed by atoms with Crippen molar-refractivity contribution in [2.24, 2.45) is 12.8 Å². The number of hydrogen-bond acceptors (Lipinski definition) is 7. The Morgan fingerprint density at radius 3 is 2.71 bits per heavy atom. The van der Waals surface area contributed by atoms with Gasteiger partial charge >= 0.3 is 6.09 Å². The van der Waals surface area contributed by atoms with E-state index in [2.05, 4.69) is 10.4 Å². The minimum Gasteiger partial charge on any atom is -0.481 e. The molecule has 0 aliphatic carbocycles. The van der Waals surface area contributed by atoms with Gasteiger partial charge in [0.25, 0.3) is 0 Å². The Morgan fingerprint density at radius 1 is 1.23 bits per heavy atom. The van der Waals surface area contributed by atoms with Crippen molar-refractivity contribution < 1.29 is 19.0 Å². The number of nitrogens with two attached hydrogens (primary N) is 1. The molecule has 2 aromatic carbocycles. The molecule has 9 nitrogen and oxygen atoms in total. The van der Waals surface area contributed by atoms with Crippen LogP contribution in [0.15, 0.2) is 54.6 Å². The van der Waals surface area contributed by atoms with Crippen LogP contribution in [0.3, 0.4) is 0 Å². The van der Waals surface area contributed by atoms with Crippen molar-refractivity contribution in [3.63, 3.8) is 0 Å². The fourth-order valence-corrected chi connectivity index (χ4v) is 4.69. The van der Waals surface area contributed by atoms with Crippen LogP contribution in [0.25, 0.3) is 10.1 Å². The molecule has 1 amide bonds. The van der Waals surface area contributed by atoms with Gasteiger partial charge in [-0.1, -0.05) is 36.4 Å². The minimum absolute atomic E-state index is 0.00954. The summed E-state index contributed by atoms with van der Waals surface area (Å²) in [5.41, 5.74) is 8.51. The fourth-order valence-electron chi connectivity index (χ4n) is 3.75. The standard InChI is InChI=1S/C25H27N5O4S/c1-15-23(18(13-32-3)30(2)29-15)28-25(31)33-14-20(16-8-5-4-6-9-16)34-19-10-7-11-21-17(19)12-22(35-21)24(26)27/h4-12,20H,13-14H2,1-3H3,(H3,26,27)(H,28,31). The number of carbonyl (C=O) groups is 1. The zero-order chi connectivity index (χ0) is 24.9. The summed E-state index contributed by atoms with van der Waals surface area (Å²) in [5.74, 6) is 0.630. The highest BCUT2D eigenvalue weighted by atomic mass is 32.1. The number of benzene rings is 2. The summed E-state index contributed by atoms with van der Waals surface area (Å²) >= 11 is 1.43. The molecule has 35 heavy (non-hydrogen) atoms. The molecule has 2 heterocycles. The van der Waals surface area contributed by atoms with Gasteiger partial charge in [-0.3, -0.25) is 15.4 Å². The summed E-state index contributed by atoms with van der Waals surface area (Å²) in [6.45, 7) is 2.09. The lowest BCUT2D eigenvalue weighted by Crippen LogP contribution is -2.22. The Morgan fingerprint density at radius 2 is 2.00 bits per heavy atom. The average Bonchev–Trinajstić information content (AvgIpc) is 3.40. The molecule has 182 valence electrons. The maximum Gasteiger partial charge on any atom is 0.411 e. The number of methoxy groups -OCH3 is 1. The first-order chi connectivity index (χ1) is 16.9. The Hall–Kier alpha value is -3.89. The van der Waals surface area contributed by atoms with Gasteiger partial charge in [-0.25, -0.2) is 4.79 Å². The van der Waals surface area contributed by atoms with Crippen molar-refractivity contribution >= 4 is 39.0 Å². The summed E-state index contributed by atoms with van der Waals surface area (Å²) in [7, 11) is 3.37. The number of nitrogen functional groups attached to an aromatic ring is 1. The summed E-state index contributed by atoms with van der Waals surface area (Å²) in [4.78, 5) is 13.4. The van der Waals surface area contributed by atoms with Crippen LogP contribution in [0.4, 0.5) is 10.5 Å². The van der Waals surface area contributed by atoms with E-state index in [-0.39, 0.29) is 12.4 Å². The van der Waals surface area contributed by atoms with Gasteiger partial charge in [0.1, 0.15) is 18.2 Å². The predicted octanol–water partition coefficient (Wildman–Crippen LogP) is 4.74. The zero-order valence-corrected chi connectivity index (χ0v) is 20.5. The van der Waals surface area contributed by atoms with Gasteiger partial charge in [0.2, 0.25) is 0 Å². The molecule has 10 heteroatoms. The van der Waals surface area contributed by atoms with E-state index in [1.54, 1.807) is 18.8 Å². The Kier molecular flexibility index (Phi) is 7.33. The van der Waals surface area contributed by atoms with Crippen molar-refractivity contribution in [1.82, 2.24) is 9.78 Å². The molecule has 4 aromatic rings. The van der Waals surface area contributed by atoms with Gasteiger partial charge < -0.3 is 19.9 Å². The van der Waals surface area contributed by atoms with Crippen LogP contribution in [-0.2, 0) is 23.1 Å². The van der Waals surface area contributed by atoms with E-state index in [0.29, 0.717) is 28.6 Å². The lowest BCUT2D eigenvalue weighted by Gasteiger charge is -2.20. The molecule has 1 atom stereocenters. The summed E-state index contributed by atoms with van der Waals surface area (Å²) in [6.07, 6.45) is -1.17. The van der Waals surface area contributed by atoms with E-state index in [0.717, 1.165) is 21.3 Å². The van der Waals surface area contributed by atoms with Crippen LogP contribution in [0.1, 0.15) is 27.9 Å². The van der Waals surface area contributed by atoms with Crippen LogP contribution >= 0.6 is 11.3 Å². The molecule has 0 aliphatic rings. The third kappa shape index (κ3) is 5.44. The van der Waals surface area contributed by atoms with Crippen molar-refractivity contribution in [3.05, 3.63) is 76.4 Å². The monoisotopic (exact) mass is 493 g/mol. The summed E-state index contributed by atoms with van der Waals surface area (Å²) in [6, 6.07) is 17.1. The molecule has 0 fully saturated rings. The van der Waals surface area contributed by atoms with Crippen molar-refractivity contribution in [1.29, 1.82) is 5.41 Å². The number of ether oxygens (including phenoxy) is 3. The molecule has 4 rings (SSSR count). The van der Waals surface area contributed by atoms with E-state index in [1.165, 1.54) is 11.3 Å². The molecule has 0 saturated carbocycles. The smallest absolute Gasteiger partial charge is 0.411 e. The number of fused-ring (bicyclic) bond motifs is 1. The van der Waals surface area contributed by atoms with Gasteiger partial charge in [0, 0.05) is 24.2 Å². The molecule has 0 aliphatic heterocycles. The van der Waals surface area contributed by atoms with Crippen LogP contribution in [0.5, 0.6) is 5.75 Å².